The number of pyridine rings is 1. The van der Waals surface area contributed by atoms with Crippen LogP contribution in [0.5, 0.6) is 0 Å². The maximum absolute atomic E-state index is 9.46. The third kappa shape index (κ3) is 3.20. The van der Waals surface area contributed by atoms with Gasteiger partial charge in [0.05, 0.1) is 5.69 Å². The van der Waals surface area contributed by atoms with Gasteiger partial charge in [0, 0.05) is 24.3 Å². The highest BCUT2D eigenvalue weighted by Gasteiger charge is 2.30. The van der Waals surface area contributed by atoms with Gasteiger partial charge in [-0.1, -0.05) is 19.1 Å². The number of nitrogens with zero attached hydrogens (tertiary/aromatic N) is 5. The highest BCUT2D eigenvalue weighted by molar-refractivity contribution is 5.98. The average molecular weight is 401 g/mol. The molecule has 1 aromatic carbocycles. The number of nitrogens with two attached hydrogens (primary N) is 2. The Labute approximate surface area is 175 Å². The van der Waals surface area contributed by atoms with Crippen molar-refractivity contribution in [1.82, 2.24) is 10.3 Å². The van der Waals surface area contributed by atoms with Gasteiger partial charge < -0.3 is 21.7 Å². The molecule has 9 nitrogen and oxygen atoms in total. The molecule has 2 aliphatic heterocycles. The number of fused-ring (bicyclic) bond motifs is 2. The predicted molar refractivity (Wildman–Crippen MR) is 117 cm³/mol. The molecule has 1 aromatic heterocycles. The molecular weight excluding hydrogens is 378 g/mol. The van der Waals surface area contributed by atoms with Crippen LogP contribution in [0, 0.1) is 22.8 Å². The minimum absolute atomic E-state index is 0.0406. The number of anilines is 4. The van der Waals surface area contributed by atoms with Crippen LogP contribution in [0.3, 0.4) is 0 Å². The van der Waals surface area contributed by atoms with Gasteiger partial charge in [-0.3, -0.25) is 5.32 Å². The lowest BCUT2D eigenvalue weighted by Crippen LogP contribution is -2.33. The summed E-state index contributed by atoms with van der Waals surface area (Å²) < 4.78 is 0. The van der Waals surface area contributed by atoms with Gasteiger partial charge in [-0.2, -0.15) is 10.5 Å². The van der Waals surface area contributed by atoms with E-state index in [2.05, 4.69) is 44.6 Å². The molecule has 1 atom stereocenters. The molecule has 6 N–H and O–H groups in total. The van der Waals surface area contributed by atoms with E-state index >= 15 is 0 Å². The average Bonchev–Trinajstić information content (AvgIpc) is 2.73. The van der Waals surface area contributed by atoms with Crippen molar-refractivity contribution in [2.45, 2.75) is 32.2 Å². The van der Waals surface area contributed by atoms with Crippen molar-refractivity contribution < 1.29 is 0 Å². The summed E-state index contributed by atoms with van der Waals surface area (Å²) in [6.07, 6.45) is 5.06. The van der Waals surface area contributed by atoms with Gasteiger partial charge in [-0.05, 0) is 36.5 Å². The summed E-state index contributed by atoms with van der Waals surface area (Å²) in [4.78, 5) is 11.4. The fraction of sp³-hybridized carbons (Fsp3) is 0.333. The molecule has 152 valence electrons. The number of hydrogen-bond donors (Lipinski definition) is 4. The van der Waals surface area contributed by atoms with Crippen molar-refractivity contribution in [3.8, 4) is 12.3 Å². The lowest BCUT2D eigenvalue weighted by Gasteiger charge is -2.32. The number of aliphatic imine (C=N–C) groups is 1. The van der Waals surface area contributed by atoms with E-state index in [1.165, 1.54) is 11.3 Å². The quantitative estimate of drug-likeness (QED) is 0.451. The second kappa shape index (κ2) is 7.80. The lowest BCUT2D eigenvalue weighted by atomic mass is 9.91. The normalized spacial score (nSPS) is 17.0. The van der Waals surface area contributed by atoms with E-state index in [-0.39, 0.29) is 23.0 Å². The maximum Gasteiger partial charge on any atom is 0.211 e. The van der Waals surface area contributed by atoms with Crippen LogP contribution in [0.15, 0.2) is 23.2 Å². The molecule has 2 aromatic rings. The Bertz CT molecular complexity index is 1110. The molecule has 2 aliphatic rings. The second-order valence-corrected chi connectivity index (χ2v) is 7.38. The maximum atomic E-state index is 9.46. The van der Waals surface area contributed by atoms with Crippen LogP contribution in [0.25, 0.3) is 0 Å². The zero-order valence-electron chi connectivity index (χ0n) is 16.7. The molecule has 9 heteroatoms. The highest BCUT2D eigenvalue weighted by Crippen LogP contribution is 2.41. The fourth-order valence-corrected chi connectivity index (χ4v) is 4.19. The Morgan fingerprint density at radius 2 is 2.17 bits per heavy atom. The van der Waals surface area contributed by atoms with Crippen LogP contribution in [-0.2, 0) is 6.42 Å². The molecule has 0 amide bonds. The van der Waals surface area contributed by atoms with E-state index in [1.807, 2.05) is 18.3 Å². The van der Waals surface area contributed by atoms with E-state index in [9.17, 15) is 5.26 Å². The van der Waals surface area contributed by atoms with Crippen molar-refractivity contribution in [1.29, 1.82) is 10.5 Å². The van der Waals surface area contributed by atoms with Crippen LogP contribution < -0.4 is 27.0 Å². The Hall–Kier alpha value is -3.98. The third-order valence-electron chi connectivity index (χ3n) is 5.49. The number of benzene rings is 1. The van der Waals surface area contributed by atoms with Crippen LogP contribution in [0.2, 0.25) is 0 Å². The third-order valence-corrected chi connectivity index (χ3v) is 5.49. The predicted octanol–water partition coefficient (Wildman–Crippen LogP) is 2.22. The molecule has 4 rings (SSSR count). The standard InChI is InChI=1S/C21H23N9/c1-2-7-30-8-3-4-12-9-13(5-6-15(12)30)18-16-17(24)14(10-22)19(25)28-20(16)29-21(27-18)26-11-23/h5-6,9,18H,2-4,7-8H2,1H3,(H6,24,25,26,27,28,29). The zero-order chi connectivity index (χ0) is 21.3. The highest BCUT2D eigenvalue weighted by atomic mass is 15.2. The summed E-state index contributed by atoms with van der Waals surface area (Å²) in [5.74, 6) is 0.697. The summed E-state index contributed by atoms with van der Waals surface area (Å²) in [5, 5.41) is 24.0. The van der Waals surface area contributed by atoms with Crippen LogP contribution in [0.1, 0.15) is 48.1 Å². The van der Waals surface area contributed by atoms with Crippen molar-refractivity contribution in [3.63, 3.8) is 0 Å². The van der Waals surface area contributed by atoms with Crippen molar-refractivity contribution >= 4 is 29.0 Å². The Balaban J connectivity index is 1.84. The summed E-state index contributed by atoms with van der Waals surface area (Å²) >= 11 is 0. The number of rotatable bonds is 3. The molecule has 1 unspecified atom stereocenters. The van der Waals surface area contributed by atoms with Gasteiger partial charge in [-0.15, -0.1) is 0 Å². The van der Waals surface area contributed by atoms with E-state index in [0.29, 0.717) is 11.4 Å². The molecule has 0 saturated carbocycles. The summed E-state index contributed by atoms with van der Waals surface area (Å²) in [7, 11) is 0. The first-order valence-electron chi connectivity index (χ1n) is 9.94. The topological polar surface area (TPSA) is 152 Å². The first-order chi connectivity index (χ1) is 14.6. The van der Waals surface area contributed by atoms with Crippen molar-refractivity contribution in [3.05, 3.63) is 40.5 Å². The van der Waals surface area contributed by atoms with E-state index in [1.54, 1.807) is 0 Å². The number of hydrogen-bond acceptors (Lipinski definition) is 9. The van der Waals surface area contributed by atoms with Gasteiger partial charge in [0.25, 0.3) is 0 Å². The van der Waals surface area contributed by atoms with Crippen molar-refractivity contribution in [2.24, 2.45) is 4.99 Å². The van der Waals surface area contributed by atoms with E-state index < -0.39 is 6.04 Å². The number of nitrogens with one attached hydrogen (secondary N) is 2. The van der Waals surface area contributed by atoms with Crippen LogP contribution in [-0.4, -0.2) is 24.0 Å². The van der Waals surface area contributed by atoms with Crippen LogP contribution >= 0.6 is 0 Å². The van der Waals surface area contributed by atoms with Gasteiger partial charge >= 0.3 is 0 Å². The van der Waals surface area contributed by atoms with E-state index in [0.717, 1.165) is 37.9 Å². The zero-order valence-corrected chi connectivity index (χ0v) is 16.7. The SMILES string of the molecule is CCCN1CCCc2cc(C3N=C(NC#N)Nc4nc(N)c(C#N)c(N)c43)ccc21. The molecule has 0 spiro atoms. The summed E-state index contributed by atoms with van der Waals surface area (Å²) in [6, 6.07) is 7.82. The molecule has 0 aliphatic carbocycles. The number of aromatic nitrogens is 1. The lowest BCUT2D eigenvalue weighted by molar-refractivity contribution is 0.679. The number of aryl methyl sites for hydroxylation is 1. The summed E-state index contributed by atoms with van der Waals surface area (Å²) in [6.45, 7) is 4.27. The monoisotopic (exact) mass is 401 g/mol. The first-order valence-corrected chi connectivity index (χ1v) is 9.94. The molecule has 0 saturated heterocycles. The molecule has 0 bridgehead atoms. The summed E-state index contributed by atoms with van der Waals surface area (Å²) in [5.41, 5.74) is 16.6. The van der Waals surface area contributed by atoms with Gasteiger partial charge in [0.15, 0.2) is 6.19 Å². The first kappa shape index (κ1) is 19.3. The van der Waals surface area contributed by atoms with E-state index in [4.69, 9.17) is 16.7 Å². The minimum atomic E-state index is -0.510. The van der Waals surface area contributed by atoms with Gasteiger partial charge in [0.1, 0.15) is 29.3 Å². The number of nitrogen functional groups attached to an aromatic ring is 2. The molecule has 30 heavy (non-hydrogen) atoms. The smallest absolute Gasteiger partial charge is 0.211 e. The van der Waals surface area contributed by atoms with Crippen LogP contribution in [0.4, 0.5) is 23.0 Å². The molecule has 3 heterocycles. The van der Waals surface area contributed by atoms with Gasteiger partial charge in [0.2, 0.25) is 5.96 Å². The number of guanidine groups is 1. The molecule has 0 radical (unpaired) electrons. The van der Waals surface area contributed by atoms with Crippen molar-refractivity contribution in [2.75, 3.05) is 34.8 Å². The Kier molecular flexibility index (Phi) is 5.03. The van der Waals surface area contributed by atoms with Gasteiger partial charge in [-0.25, -0.2) is 9.98 Å². The Morgan fingerprint density at radius 3 is 2.90 bits per heavy atom. The Morgan fingerprint density at radius 1 is 1.33 bits per heavy atom. The molecular formula is C21H23N9. The minimum Gasteiger partial charge on any atom is -0.397 e. The second-order valence-electron chi connectivity index (χ2n) is 7.38. The fourth-order valence-electron chi connectivity index (χ4n) is 4.19. The largest absolute Gasteiger partial charge is 0.397 e. The molecule has 0 fully saturated rings. The number of nitriles is 2.